The summed E-state index contributed by atoms with van der Waals surface area (Å²) in [6.45, 7) is 4.90. The molecule has 1 aliphatic heterocycles. The van der Waals surface area contributed by atoms with Gasteiger partial charge in [0.2, 0.25) is 11.9 Å². The number of benzene rings is 1. The van der Waals surface area contributed by atoms with Crippen LogP contribution < -0.4 is 10.2 Å². The summed E-state index contributed by atoms with van der Waals surface area (Å²) in [6, 6.07) is 6.98. The number of morpholine rings is 1. The van der Waals surface area contributed by atoms with Crippen molar-refractivity contribution < 1.29 is 14.3 Å². The van der Waals surface area contributed by atoms with E-state index >= 15 is 0 Å². The molecule has 0 atom stereocenters. The van der Waals surface area contributed by atoms with E-state index in [0.717, 1.165) is 25.5 Å². The van der Waals surface area contributed by atoms with Crippen molar-refractivity contribution in [2.24, 2.45) is 7.05 Å². The molecule has 1 amide bonds. The van der Waals surface area contributed by atoms with Crippen LogP contribution in [-0.2, 0) is 16.6 Å². The predicted molar refractivity (Wildman–Crippen MR) is 109 cm³/mol. The van der Waals surface area contributed by atoms with E-state index in [1.54, 1.807) is 24.3 Å². The maximum absolute atomic E-state index is 12.5. The standard InChI is InChI=1S/C19H25N5O3S/c1-3-4-17(26)20-15-7-5-14(6-8-15)16(25)13-28-19-22-21-18(23(19)2)24-9-11-27-12-10-24/h5-8H,3-4,9-13H2,1-2H3,(H,20,26). The van der Waals surface area contributed by atoms with Gasteiger partial charge in [-0.3, -0.25) is 14.2 Å². The highest BCUT2D eigenvalue weighted by atomic mass is 32.2. The summed E-state index contributed by atoms with van der Waals surface area (Å²) >= 11 is 1.37. The molecule has 0 saturated carbocycles. The van der Waals surface area contributed by atoms with Gasteiger partial charge in [0.15, 0.2) is 10.9 Å². The lowest BCUT2D eigenvalue weighted by molar-refractivity contribution is -0.116. The molecule has 2 aromatic rings. The minimum Gasteiger partial charge on any atom is -0.378 e. The largest absolute Gasteiger partial charge is 0.378 e. The summed E-state index contributed by atoms with van der Waals surface area (Å²) in [7, 11) is 1.91. The summed E-state index contributed by atoms with van der Waals surface area (Å²) in [4.78, 5) is 26.2. The Morgan fingerprint density at radius 2 is 1.89 bits per heavy atom. The molecule has 1 fully saturated rings. The summed E-state index contributed by atoms with van der Waals surface area (Å²) < 4.78 is 7.28. The van der Waals surface area contributed by atoms with Crippen LogP contribution >= 0.6 is 11.8 Å². The van der Waals surface area contributed by atoms with Crippen molar-refractivity contribution in [1.29, 1.82) is 0 Å². The molecule has 1 N–H and O–H groups in total. The second kappa shape index (κ2) is 9.70. The number of carbonyl (C=O) groups is 2. The average molecular weight is 404 g/mol. The molecule has 2 heterocycles. The highest BCUT2D eigenvalue weighted by molar-refractivity contribution is 7.99. The molecule has 28 heavy (non-hydrogen) atoms. The molecule has 0 aliphatic carbocycles. The number of anilines is 2. The molecule has 3 rings (SSSR count). The van der Waals surface area contributed by atoms with Crippen LogP contribution in [0.25, 0.3) is 0 Å². The Morgan fingerprint density at radius 1 is 1.18 bits per heavy atom. The maximum atomic E-state index is 12.5. The van der Waals surface area contributed by atoms with Crippen molar-refractivity contribution >= 4 is 35.1 Å². The first-order chi connectivity index (χ1) is 13.6. The first kappa shape index (κ1) is 20.3. The lowest BCUT2D eigenvalue weighted by Gasteiger charge is -2.27. The lowest BCUT2D eigenvalue weighted by atomic mass is 10.1. The lowest BCUT2D eigenvalue weighted by Crippen LogP contribution is -2.37. The highest BCUT2D eigenvalue weighted by Gasteiger charge is 2.19. The quantitative estimate of drug-likeness (QED) is 0.535. The fourth-order valence-electron chi connectivity index (χ4n) is 2.88. The molecule has 1 aromatic carbocycles. The highest BCUT2D eigenvalue weighted by Crippen LogP contribution is 2.22. The number of nitrogens with zero attached hydrogens (tertiary/aromatic N) is 4. The van der Waals surface area contributed by atoms with Crippen molar-refractivity contribution in [3.05, 3.63) is 29.8 Å². The third kappa shape index (κ3) is 5.11. The van der Waals surface area contributed by atoms with E-state index in [-0.39, 0.29) is 17.4 Å². The average Bonchev–Trinajstić information content (AvgIpc) is 3.08. The van der Waals surface area contributed by atoms with Crippen molar-refractivity contribution in [3.8, 4) is 0 Å². The Labute approximate surface area is 168 Å². The molecule has 1 saturated heterocycles. The van der Waals surface area contributed by atoms with Crippen LogP contribution in [0.15, 0.2) is 29.4 Å². The number of Topliss-reactive ketones (excluding diaryl/α,β-unsaturated/α-hetero) is 1. The van der Waals surface area contributed by atoms with E-state index in [4.69, 9.17) is 4.74 Å². The molecule has 150 valence electrons. The van der Waals surface area contributed by atoms with Crippen molar-refractivity contribution in [3.63, 3.8) is 0 Å². The minimum absolute atomic E-state index is 0.00681. The molecule has 8 nitrogen and oxygen atoms in total. The fraction of sp³-hybridized carbons (Fsp3) is 0.474. The van der Waals surface area contributed by atoms with Gasteiger partial charge >= 0.3 is 0 Å². The topological polar surface area (TPSA) is 89.3 Å². The monoisotopic (exact) mass is 403 g/mol. The number of ether oxygens (including phenoxy) is 1. The Hall–Kier alpha value is -2.39. The van der Waals surface area contributed by atoms with Gasteiger partial charge < -0.3 is 15.0 Å². The van der Waals surface area contributed by atoms with Gasteiger partial charge in [-0.2, -0.15) is 0 Å². The van der Waals surface area contributed by atoms with Crippen LogP contribution in [0.3, 0.4) is 0 Å². The zero-order valence-electron chi connectivity index (χ0n) is 16.2. The number of amides is 1. The van der Waals surface area contributed by atoms with Gasteiger partial charge in [-0.15, -0.1) is 10.2 Å². The first-order valence-corrected chi connectivity index (χ1v) is 10.3. The number of ketones is 1. The van der Waals surface area contributed by atoms with Crippen molar-refractivity contribution in [2.45, 2.75) is 24.9 Å². The Morgan fingerprint density at radius 3 is 2.57 bits per heavy atom. The van der Waals surface area contributed by atoms with Gasteiger partial charge in [0.25, 0.3) is 0 Å². The van der Waals surface area contributed by atoms with Crippen LogP contribution in [0.1, 0.15) is 30.1 Å². The van der Waals surface area contributed by atoms with Crippen LogP contribution in [0.5, 0.6) is 0 Å². The van der Waals surface area contributed by atoms with Crippen molar-refractivity contribution in [1.82, 2.24) is 14.8 Å². The number of carbonyl (C=O) groups excluding carboxylic acids is 2. The zero-order valence-corrected chi connectivity index (χ0v) is 17.0. The number of hydrogen-bond acceptors (Lipinski definition) is 7. The van der Waals surface area contributed by atoms with E-state index in [1.165, 1.54) is 11.8 Å². The third-order valence-corrected chi connectivity index (χ3v) is 5.43. The number of rotatable bonds is 8. The summed E-state index contributed by atoms with van der Waals surface area (Å²) in [6.07, 6.45) is 1.29. The van der Waals surface area contributed by atoms with Gasteiger partial charge in [-0.05, 0) is 30.7 Å². The third-order valence-electron chi connectivity index (χ3n) is 4.41. The van der Waals surface area contributed by atoms with E-state index in [1.807, 2.05) is 18.5 Å². The van der Waals surface area contributed by atoms with Gasteiger partial charge in [-0.25, -0.2) is 0 Å². The normalized spacial score (nSPS) is 14.1. The van der Waals surface area contributed by atoms with Crippen LogP contribution in [-0.4, -0.2) is 58.5 Å². The van der Waals surface area contributed by atoms with E-state index in [0.29, 0.717) is 36.0 Å². The molecule has 0 bridgehead atoms. The molecule has 0 unspecified atom stereocenters. The molecule has 0 spiro atoms. The Balaban J connectivity index is 1.55. The van der Waals surface area contributed by atoms with Gasteiger partial charge in [0, 0.05) is 37.8 Å². The van der Waals surface area contributed by atoms with E-state index in [9.17, 15) is 9.59 Å². The predicted octanol–water partition coefficient (Wildman–Crippen LogP) is 2.37. The number of hydrogen-bond donors (Lipinski definition) is 1. The Kier molecular flexibility index (Phi) is 7.05. The van der Waals surface area contributed by atoms with Gasteiger partial charge in [0.05, 0.1) is 19.0 Å². The van der Waals surface area contributed by atoms with Gasteiger partial charge in [0.1, 0.15) is 0 Å². The number of thioether (sulfide) groups is 1. The van der Waals surface area contributed by atoms with Crippen LogP contribution in [0.4, 0.5) is 11.6 Å². The Bertz CT molecular complexity index is 815. The van der Waals surface area contributed by atoms with E-state index < -0.39 is 0 Å². The van der Waals surface area contributed by atoms with Gasteiger partial charge in [-0.1, -0.05) is 18.7 Å². The molecular weight excluding hydrogens is 378 g/mol. The number of nitrogens with one attached hydrogen (secondary N) is 1. The second-order valence-electron chi connectivity index (χ2n) is 6.53. The maximum Gasteiger partial charge on any atom is 0.227 e. The molecule has 0 radical (unpaired) electrons. The fourth-order valence-corrected chi connectivity index (χ4v) is 3.68. The molecular formula is C19H25N5O3S. The second-order valence-corrected chi connectivity index (χ2v) is 7.47. The molecule has 1 aromatic heterocycles. The van der Waals surface area contributed by atoms with Crippen LogP contribution in [0, 0.1) is 0 Å². The van der Waals surface area contributed by atoms with Crippen molar-refractivity contribution in [2.75, 3.05) is 42.3 Å². The molecule has 1 aliphatic rings. The first-order valence-electron chi connectivity index (χ1n) is 9.36. The van der Waals surface area contributed by atoms with Crippen LogP contribution in [0.2, 0.25) is 0 Å². The summed E-state index contributed by atoms with van der Waals surface area (Å²) in [5, 5.41) is 12.0. The summed E-state index contributed by atoms with van der Waals surface area (Å²) in [5.41, 5.74) is 1.31. The SMILES string of the molecule is CCCC(=O)Nc1ccc(C(=O)CSc2nnc(N3CCOCC3)n2C)cc1. The van der Waals surface area contributed by atoms with E-state index in [2.05, 4.69) is 20.4 Å². The smallest absolute Gasteiger partial charge is 0.227 e. The zero-order chi connectivity index (χ0) is 19.9. The molecule has 9 heteroatoms. The minimum atomic E-state index is -0.0181. The summed E-state index contributed by atoms with van der Waals surface area (Å²) in [5.74, 6) is 1.06. The number of aromatic nitrogens is 3.